The largest absolute Gasteiger partial charge is 0.359 e. The minimum absolute atomic E-state index is 0.380. The van der Waals surface area contributed by atoms with Crippen molar-refractivity contribution in [2.45, 2.75) is 73.6 Å². The van der Waals surface area contributed by atoms with E-state index in [0.29, 0.717) is 76.9 Å². The molecular formula is C77H91N27O6S3. The van der Waals surface area contributed by atoms with Gasteiger partial charge in [-0.25, -0.2) is 59.2 Å². The van der Waals surface area contributed by atoms with Gasteiger partial charge in [0.15, 0.2) is 32.8 Å². The third-order valence-electron chi connectivity index (χ3n) is 18.5. The highest BCUT2D eigenvalue weighted by atomic mass is 32.1. The second-order valence-corrected chi connectivity index (χ2v) is 29.5. The number of amides is 6. The number of aromatic nitrogens is 12. The number of thiazole rings is 3. The quantitative estimate of drug-likeness (QED) is 0.0243. The van der Waals surface area contributed by atoms with Crippen LogP contribution in [0.5, 0.6) is 0 Å². The Morgan fingerprint density at radius 2 is 0.637 bits per heavy atom. The highest BCUT2D eigenvalue weighted by Crippen LogP contribution is 2.36. The molecule has 9 N–H and O–H groups in total. The predicted octanol–water partition coefficient (Wildman–Crippen LogP) is 14.8. The van der Waals surface area contributed by atoms with Crippen molar-refractivity contribution in [1.82, 2.24) is 75.0 Å². The molecule has 588 valence electrons. The molecule has 6 amide bonds. The molecule has 3 aliphatic rings. The third kappa shape index (κ3) is 22.6. The van der Waals surface area contributed by atoms with E-state index < -0.39 is 0 Å². The summed E-state index contributed by atoms with van der Waals surface area (Å²) < 4.78 is 15.3. The lowest BCUT2D eigenvalue weighted by Crippen LogP contribution is -2.46. The van der Waals surface area contributed by atoms with Crippen LogP contribution >= 0.6 is 34.0 Å². The average molecular weight is 1590 g/mol. The molecule has 33 nitrogen and oxygen atoms in total. The molecule has 15 rings (SSSR count). The fourth-order valence-corrected chi connectivity index (χ4v) is 14.9. The average Bonchev–Trinajstić information content (AvgIpc) is 1.84. The molecule has 0 saturated carbocycles. The molecule has 0 spiro atoms. The summed E-state index contributed by atoms with van der Waals surface area (Å²) in [5.41, 5.74) is 4.99. The van der Waals surface area contributed by atoms with Gasteiger partial charge in [0.2, 0.25) is 0 Å². The Bertz CT molecular complexity index is 4800. The number of nitrogens with zero attached hydrogens (tertiary/aromatic N) is 18. The normalized spacial score (nSPS) is 13.9. The van der Waals surface area contributed by atoms with Crippen molar-refractivity contribution in [2.24, 2.45) is 0 Å². The summed E-state index contributed by atoms with van der Waals surface area (Å²) in [7, 11) is 0. The first-order chi connectivity index (χ1) is 55.3. The summed E-state index contributed by atoms with van der Waals surface area (Å²) in [5.74, 6) is 8.21. The molecule has 0 atom stereocenters. The molecule has 0 bridgehead atoms. The number of benzene rings is 3. The lowest BCUT2D eigenvalue weighted by molar-refractivity contribution is 0.258. The molecule has 3 aliphatic heterocycles. The summed E-state index contributed by atoms with van der Waals surface area (Å²) in [6.45, 7) is 27.9. The Labute approximate surface area is 665 Å². The lowest BCUT2D eigenvalue weighted by Gasteiger charge is -2.35. The van der Waals surface area contributed by atoms with Crippen molar-refractivity contribution in [2.75, 3.05) is 161 Å². The number of aryl methyl sites for hydroxylation is 3. The van der Waals surface area contributed by atoms with E-state index in [0.717, 1.165) is 174 Å². The molecule has 3 fully saturated rings. The van der Waals surface area contributed by atoms with Gasteiger partial charge in [-0.05, 0) is 85.6 Å². The van der Waals surface area contributed by atoms with E-state index in [1.807, 2.05) is 130 Å². The van der Waals surface area contributed by atoms with Crippen LogP contribution in [0.1, 0.15) is 71.7 Å². The standard InChI is InChI=1S/2C26H31N9O2S.C25H29N9O2S/c2*1-3-9-34-10-12-35(13-11-34)24-15-22(28-17-29-24)32-26-27-16-21(38-26)18-5-7-19(8-6-18)30-25(36)31-23-14-20(4-2)37-33-23;1-3-19-13-22(32-36-19)30-24(35)29-18-7-5-17(6-8-18)20-15-26-25(37-20)31-21-14-23(28-16-27-21)34-11-9-33(4-2)10-12-34/h2*5-8,14-17H,3-4,9-13H2,1-2H3,(H,27,28,29,32)(H2,30,31,33,36);5-8,13-16H,3-4,9-12H2,1-2H3,(H,26,27,28,31)(H2,29,30,32,35). The molecule has 9 aromatic heterocycles. The number of anilines is 15. The van der Waals surface area contributed by atoms with E-state index in [-0.39, 0.29) is 18.1 Å². The molecule has 3 aromatic carbocycles. The summed E-state index contributed by atoms with van der Waals surface area (Å²) in [5, 5.41) is 40.0. The Hall–Kier alpha value is -12.1. The minimum atomic E-state index is -0.385. The van der Waals surface area contributed by atoms with Crippen LogP contribution in [0.2, 0.25) is 0 Å². The second-order valence-electron chi connectivity index (χ2n) is 26.4. The van der Waals surface area contributed by atoms with Crippen molar-refractivity contribution < 1.29 is 28.0 Å². The highest BCUT2D eigenvalue weighted by Gasteiger charge is 2.23. The second kappa shape index (κ2) is 39.2. The highest BCUT2D eigenvalue weighted by molar-refractivity contribution is 7.19. The Kier molecular flexibility index (Phi) is 27.4. The Balaban J connectivity index is 0.000000148. The van der Waals surface area contributed by atoms with Crippen LogP contribution in [0.4, 0.5) is 99.2 Å². The van der Waals surface area contributed by atoms with Crippen LogP contribution in [0.25, 0.3) is 31.3 Å². The topological polar surface area (TPSA) is 373 Å². The number of hydrogen-bond acceptors (Lipinski definition) is 30. The van der Waals surface area contributed by atoms with E-state index in [1.165, 1.54) is 46.9 Å². The minimum Gasteiger partial charge on any atom is -0.359 e. The van der Waals surface area contributed by atoms with Gasteiger partial charge in [0, 0.05) is 170 Å². The zero-order chi connectivity index (χ0) is 78.3. The van der Waals surface area contributed by atoms with Crippen molar-refractivity contribution in [1.29, 1.82) is 0 Å². The number of carbonyl (C=O) groups excluding carboxylic acids is 3. The molecule has 0 unspecified atom stereocenters. The van der Waals surface area contributed by atoms with Gasteiger partial charge >= 0.3 is 18.1 Å². The van der Waals surface area contributed by atoms with Gasteiger partial charge in [-0.2, -0.15) is 0 Å². The summed E-state index contributed by atoms with van der Waals surface area (Å²) >= 11 is 4.60. The fourth-order valence-electron chi connectivity index (χ4n) is 12.4. The SMILES string of the molecule is CCCN1CCN(c2cc(Nc3ncc(-c4ccc(NC(=O)Nc5cc(CC)on5)cc4)s3)ncn2)CC1.CCCN1CCN(c2cc(Nc3ncc(-c4ccc(NC(=O)Nc5cc(CC)on5)cc4)s3)ncn2)CC1.CCc1cc(NC(=O)Nc2ccc(-c3cnc(Nc4cc(N5CCN(CC)CC5)ncn4)s3)cc2)no1. The first kappa shape index (κ1) is 79.0. The van der Waals surface area contributed by atoms with E-state index in [4.69, 9.17) is 13.6 Å². The van der Waals surface area contributed by atoms with Gasteiger partial charge in [-0.3, -0.25) is 25.8 Å². The molecular weight excluding hydrogens is 1500 g/mol. The van der Waals surface area contributed by atoms with Gasteiger partial charge in [0.05, 0.1) is 14.6 Å². The van der Waals surface area contributed by atoms with Crippen molar-refractivity contribution >= 4 is 137 Å². The summed E-state index contributed by atoms with van der Waals surface area (Å²) in [6.07, 6.45) is 14.8. The van der Waals surface area contributed by atoms with Crippen LogP contribution in [0.3, 0.4) is 0 Å². The molecule has 12 aromatic rings. The Morgan fingerprint density at radius 3 is 0.903 bits per heavy atom. The smallest absolute Gasteiger partial charge is 0.324 e. The number of likely N-dealkylation sites (N-methyl/N-ethyl adjacent to an activating group) is 1. The number of piperazine rings is 3. The van der Waals surface area contributed by atoms with Crippen LogP contribution in [-0.4, -0.2) is 191 Å². The first-order valence-electron chi connectivity index (χ1n) is 37.8. The zero-order valence-corrected chi connectivity index (χ0v) is 66.2. The van der Waals surface area contributed by atoms with Crippen LogP contribution in [0.15, 0.2) is 160 Å². The molecule has 36 heteroatoms. The van der Waals surface area contributed by atoms with E-state index in [9.17, 15) is 14.4 Å². The number of urea groups is 3. The third-order valence-corrected chi connectivity index (χ3v) is 21.4. The van der Waals surface area contributed by atoms with Crippen molar-refractivity contribution in [3.05, 3.63) is 164 Å². The van der Waals surface area contributed by atoms with Crippen molar-refractivity contribution in [3.63, 3.8) is 0 Å². The van der Waals surface area contributed by atoms with Gasteiger partial charge in [0.1, 0.15) is 71.2 Å². The number of nitrogens with one attached hydrogen (secondary N) is 9. The van der Waals surface area contributed by atoms with Gasteiger partial charge in [-0.1, -0.05) is 127 Å². The first-order valence-corrected chi connectivity index (χ1v) is 40.2. The van der Waals surface area contributed by atoms with Crippen molar-refractivity contribution in [3.8, 4) is 31.3 Å². The molecule has 12 heterocycles. The molecule has 0 aliphatic carbocycles. The van der Waals surface area contributed by atoms with E-state index in [1.54, 1.807) is 37.2 Å². The zero-order valence-electron chi connectivity index (χ0n) is 63.7. The van der Waals surface area contributed by atoms with Gasteiger partial charge in [0.25, 0.3) is 0 Å². The molecule has 113 heavy (non-hydrogen) atoms. The van der Waals surface area contributed by atoms with E-state index in [2.05, 4.69) is 158 Å². The fraction of sp³-hybridized carbons (Fsp3) is 0.338. The predicted molar refractivity (Wildman–Crippen MR) is 446 cm³/mol. The number of rotatable bonds is 26. The van der Waals surface area contributed by atoms with Gasteiger partial charge in [-0.15, -0.1) is 0 Å². The number of carbonyl (C=O) groups is 3. The number of hydrogen-bond donors (Lipinski definition) is 9. The maximum absolute atomic E-state index is 12.2. The maximum atomic E-state index is 12.2. The van der Waals surface area contributed by atoms with Crippen LogP contribution in [0, 0.1) is 0 Å². The molecule has 3 saturated heterocycles. The maximum Gasteiger partial charge on any atom is 0.324 e. The van der Waals surface area contributed by atoms with Crippen LogP contribution < -0.4 is 62.6 Å². The summed E-state index contributed by atoms with van der Waals surface area (Å²) in [6, 6.07) is 32.6. The monoisotopic (exact) mass is 1590 g/mol. The summed E-state index contributed by atoms with van der Waals surface area (Å²) in [4.78, 5) is 94.1. The van der Waals surface area contributed by atoms with E-state index >= 15 is 0 Å². The Morgan fingerprint density at radius 1 is 0.345 bits per heavy atom. The molecule has 0 radical (unpaired) electrons. The van der Waals surface area contributed by atoms with Gasteiger partial charge < -0.3 is 65.1 Å². The lowest BCUT2D eigenvalue weighted by atomic mass is 10.2. The van der Waals surface area contributed by atoms with Crippen LogP contribution in [-0.2, 0) is 19.3 Å².